The zero-order valence-corrected chi connectivity index (χ0v) is 9.54. The molecule has 0 fully saturated rings. The van der Waals surface area contributed by atoms with E-state index in [4.69, 9.17) is 11.6 Å². The van der Waals surface area contributed by atoms with Crippen LogP contribution in [0, 0.1) is 0 Å². The standard InChI is InChI=1S/C8H6ClO3S2/c1-4(14-12)8-5(2-10)7(9)6(3-11)13-8/h2-4H,1H3/q+1. The minimum Gasteiger partial charge on any atom is -0.298 e. The first kappa shape index (κ1) is 11.4. The van der Waals surface area contributed by atoms with E-state index in [1.165, 1.54) is 0 Å². The first-order valence-electron chi connectivity index (χ1n) is 3.66. The van der Waals surface area contributed by atoms with Crippen LogP contribution in [0.25, 0.3) is 0 Å². The fourth-order valence-corrected chi connectivity index (χ4v) is 2.74. The summed E-state index contributed by atoms with van der Waals surface area (Å²) in [4.78, 5) is 22.1. The van der Waals surface area contributed by atoms with Crippen molar-refractivity contribution in [3.63, 3.8) is 0 Å². The van der Waals surface area contributed by atoms with Gasteiger partial charge in [-0.1, -0.05) is 11.6 Å². The molecule has 1 atom stereocenters. The minimum absolute atomic E-state index is 0.149. The molecule has 0 aliphatic heterocycles. The summed E-state index contributed by atoms with van der Waals surface area (Å²) >= 11 is 7.23. The molecular weight excluding hydrogens is 244 g/mol. The van der Waals surface area contributed by atoms with Gasteiger partial charge in [0.05, 0.1) is 20.3 Å². The zero-order chi connectivity index (χ0) is 10.7. The van der Waals surface area contributed by atoms with E-state index < -0.39 is 0 Å². The second-order valence-corrected chi connectivity index (χ2v) is 4.89. The Kier molecular flexibility index (Phi) is 3.86. The van der Waals surface area contributed by atoms with Crippen LogP contribution in [-0.4, -0.2) is 12.6 Å². The van der Waals surface area contributed by atoms with Gasteiger partial charge in [0.2, 0.25) is 0 Å². The van der Waals surface area contributed by atoms with E-state index in [1.54, 1.807) is 6.92 Å². The van der Waals surface area contributed by atoms with E-state index in [-0.39, 0.29) is 15.8 Å². The molecule has 0 radical (unpaired) electrons. The number of carbonyl (C=O) groups is 2. The molecule has 3 nitrogen and oxygen atoms in total. The highest BCUT2D eigenvalue weighted by atomic mass is 35.5. The highest BCUT2D eigenvalue weighted by Gasteiger charge is 2.27. The second-order valence-electron chi connectivity index (χ2n) is 2.53. The van der Waals surface area contributed by atoms with Crippen molar-refractivity contribution in [2.45, 2.75) is 12.2 Å². The lowest BCUT2D eigenvalue weighted by Crippen LogP contribution is -1.91. The van der Waals surface area contributed by atoms with Crippen LogP contribution < -0.4 is 0 Å². The monoisotopic (exact) mass is 249 g/mol. The lowest BCUT2D eigenvalue weighted by Gasteiger charge is -1.90. The average molecular weight is 250 g/mol. The fourth-order valence-electron chi connectivity index (χ4n) is 0.990. The van der Waals surface area contributed by atoms with Crippen molar-refractivity contribution in [1.29, 1.82) is 0 Å². The molecular formula is C8H6ClO3S2+. The molecule has 0 aliphatic rings. The lowest BCUT2D eigenvalue weighted by molar-refractivity contribution is 0.112. The van der Waals surface area contributed by atoms with Gasteiger partial charge in [-0.15, -0.1) is 11.3 Å². The first-order chi connectivity index (χ1) is 6.65. The van der Waals surface area contributed by atoms with Gasteiger partial charge in [-0.05, 0) is 0 Å². The van der Waals surface area contributed by atoms with Gasteiger partial charge in [0.15, 0.2) is 12.6 Å². The minimum atomic E-state index is -0.369. The molecule has 0 saturated carbocycles. The van der Waals surface area contributed by atoms with Gasteiger partial charge in [-0.2, -0.15) is 0 Å². The van der Waals surface area contributed by atoms with Crippen LogP contribution in [0.5, 0.6) is 0 Å². The van der Waals surface area contributed by atoms with Crippen molar-refractivity contribution in [1.82, 2.24) is 0 Å². The topological polar surface area (TPSA) is 51.2 Å². The third-order valence-electron chi connectivity index (χ3n) is 1.68. The van der Waals surface area contributed by atoms with Gasteiger partial charge in [-0.25, -0.2) is 0 Å². The van der Waals surface area contributed by atoms with E-state index in [1.807, 2.05) is 0 Å². The van der Waals surface area contributed by atoms with Crippen molar-refractivity contribution < 1.29 is 13.8 Å². The number of aldehydes is 2. The number of hydrogen-bond acceptors (Lipinski definition) is 4. The average Bonchev–Trinajstić information content (AvgIpc) is 2.53. The summed E-state index contributed by atoms with van der Waals surface area (Å²) in [7, 11) is 0. The van der Waals surface area contributed by atoms with Gasteiger partial charge < -0.3 is 0 Å². The van der Waals surface area contributed by atoms with Crippen molar-refractivity contribution in [2.75, 3.05) is 0 Å². The number of rotatable bonds is 4. The Bertz CT molecular complexity index is 386. The maximum Gasteiger partial charge on any atom is 0.467 e. The summed E-state index contributed by atoms with van der Waals surface area (Å²) in [5.41, 5.74) is 0.259. The van der Waals surface area contributed by atoms with E-state index in [0.717, 1.165) is 11.3 Å². The van der Waals surface area contributed by atoms with Crippen molar-refractivity contribution in [3.05, 3.63) is 20.3 Å². The van der Waals surface area contributed by atoms with Crippen LogP contribution in [0.3, 0.4) is 0 Å². The smallest absolute Gasteiger partial charge is 0.298 e. The predicted octanol–water partition coefficient (Wildman–Crippen LogP) is 2.52. The van der Waals surface area contributed by atoms with Gasteiger partial charge in [0.25, 0.3) is 5.25 Å². The Balaban J connectivity index is 3.35. The number of thiophene rings is 1. The maximum atomic E-state index is 10.7. The Labute approximate surface area is 93.6 Å². The Morgan fingerprint density at radius 1 is 1.43 bits per heavy atom. The van der Waals surface area contributed by atoms with E-state index >= 15 is 0 Å². The van der Waals surface area contributed by atoms with Crippen LogP contribution in [0.2, 0.25) is 5.02 Å². The van der Waals surface area contributed by atoms with Crippen molar-refractivity contribution >= 4 is 47.2 Å². The molecule has 0 amide bonds. The zero-order valence-electron chi connectivity index (χ0n) is 7.15. The molecule has 6 heteroatoms. The SMILES string of the molecule is CC([S+]=O)c1sc(C=O)c(Cl)c1C=O. The predicted molar refractivity (Wildman–Crippen MR) is 56.6 cm³/mol. The third-order valence-corrected chi connectivity index (χ3v) is 4.18. The van der Waals surface area contributed by atoms with E-state index in [0.29, 0.717) is 34.0 Å². The Hall–Kier alpha value is -0.650. The van der Waals surface area contributed by atoms with Crippen molar-refractivity contribution in [3.8, 4) is 0 Å². The number of carbonyl (C=O) groups excluding carboxylic acids is 2. The fraction of sp³-hybridized carbons (Fsp3) is 0.250. The molecule has 1 heterocycles. The molecule has 1 aromatic rings. The summed E-state index contributed by atoms with van der Waals surface area (Å²) in [5.74, 6) is 0. The summed E-state index contributed by atoms with van der Waals surface area (Å²) < 4.78 is 10.6. The van der Waals surface area contributed by atoms with Gasteiger partial charge in [-0.3, -0.25) is 9.59 Å². The third kappa shape index (κ3) is 1.89. The maximum absolute atomic E-state index is 10.7. The van der Waals surface area contributed by atoms with Gasteiger partial charge in [0, 0.05) is 11.1 Å². The molecule has 0 aliphatic carbocycles. The van der Waals surface area contributed by atoms with Crippen LogP contribution in [0.15, 0.2) is 0 Å². The molecule has 1 unspecified atom stereocenters. The van der Waals surface area contributed by atoms with Crippen molar-refractivity contribution in [2.24, 2.45) is 0 Å². The second kappa shape index (κ2) is 4.72. The lowest BCUT2D eigenvalue weighted by atomic mass is 10.2. The summed E-state index contributed by atoms with van der Waals surface area (Å²) in [6.07, 6.45) is 1.17. The molecule has 1 aromatic heterocycles. The Morgan fingerprint density at radius 3 is 2.50 bits per heavy atom. The van der Waals surface area contributed by atoms with Gasteiger partial charge >= 0.3 is 11.7 Å². The molecule has 0 N–H and O–H groups in total. The highest BCUT2D eigenvalue weighted by molar-refractivity contribution is 7.66. The quantitative estimate of drug-likeness (QED) is 0.609. The molecule has 0 aromatic carbocycles. The summed E-state index contributed by atoms with van der Waals surface area (Å²) in [6.45, 7) is 1.67. The Morgan fingerprint density at radius 2 is 2.07 bits per heavy atom. The first-order valence-corrected chi connectivity index (χ1v) is 5.66. The summed E-state index contributed by atoms with van der Waals surface area (Å²) in [5, 5.41) is -0.220. The molecule has 0 spiro atoms. The number of hydrogen-bond donors (Lipinski definition) is 0. The largest absolute Gasteiger partial charge is 0.467 e. The van der Waals surface area contributed by atoms with Crippen LogP contribution >= 0.6 is 22.9 Å². The van der Waals surface area contributed by atoms with E-state index in [9.17, 15) is 13.8 Å². The summed E-state index contributed by atoms with van der Waals surface area (Å²) in [6, 6.07) is 0. The molecule has 74 valence electrons. The molecule has 14 heavy (non-hydrogen) atoms. The van der Waals surface area contributed by atoms with Gasteiger partial charge in [0.1, 0.15) is 0 Å². The van der Waals surface area contributed by atoms with E-state index in [2.05, 4.69) is 0 Å². The molecule has 1 rings (SSSR count). The van der Waals surface area contributed by atoms with Crippen LogP contribution in [0.1, 0.15) is 37.1 Å². The normalized spacial score (nSPS) is 12.1. The highest BCUT2D eigenvalue weighted by Crippen LogP contribution is 2.35. The molecule has 0 saturated heterocycles. The molecule has 0 bridgehead atoms. The van der Waals surface area contributed by atoms with Crippen LogP contribution in [0.4, 0.5) is 0 Å². The van der Waals surface area contributed by atoms with Crippen LogP contribution in [-0.2, 0) is 15.9 Å². The number of halogens is 1.